The van der Waals surface area contributed by atoms with Gasteiger partial charge in [0.25, 0.3) is 0 Å². The first-order valence-electron chi connectivity index (χ1n) is 25.5. The van der Waals surface area contributed by atoms with Crippen LogP contribution in [0, 0.1) is 52.5 Å². The van der Waals surface area contributed by atoms with Crippen molar-refractivity contribution in [2.45, 2.75) is 40.5 Å². The minimum atomic E-state index is -1.00. The van der Waals surface area contributed by atoms with Crippen molar-refractivity contribution in [2.75, 3.05) is 55.4 Å². The highest BCUT2D eigenvalue weighted by Gasteiger charge is 2.19. The third kappa shape index (κ3) is 17.5. The van der Waals surface area contributed by atoms with Crippen molar-refractivity contribution in [3.8, 4) is 84.8 Å². The van der Waals surface area contributed by atoms with Crippen LogP contribution in [0.15, 0.2) is 158 Å². The van der Waals surface area contributed by atoms with E-state index < -0.39 is 46.5 Å². The molecule has 0 aliphatic heterocycles. The van der Waals surface area contributed by atoms with E-state index in [9.17, 15) is 35.1 Å². The van der Waals surface area contributed by atoms with Crippen LogP contribution < -0.4 is 33.2 Å². The van der Waals surface area contributed by atoms with Crippen molar-refractivity contribution in [1.29, 1.82) is 0 Å². The molecule has 0 heterocycles. The van der Waals surface area contributed by atoms with Gasteiger partial charge in [0.05, 0.1) is 54.5 Å². The Morgan fingerprint density at radius 2 is 0.753 bits per heavy atom. The topological polar surface area (TPSA) is 73.8 Å². The Hall–Kier alpha value is -8.50. The molecule has 8 rings (SSSR count). The zero-order chi connectivity index (χ0) is 59.0. The van der Waals surface area contributed by atoms with E-state index in [1.165, 1.54) is 56.9 Å². The maximum atomic E-state index is 14.3. The normalized spacial score (nSPS) is 10.6. The third-order valence-corrected chi connectivity index (χ3v) is 11.8. The van der Waals surface area contributed by atoms with Gasteiger partial charge in [0.15, 0.2) is 46.3 Å². The number of hydrogen-bond acceptors (Lipinski definition) is 8. The van der Waals surface area contributed by atoms with E-state index in [1.54, 1.807) is 144 Å². The molecule has 8 nitrogen and oxygen atoms in total. The molecule has 0 saturated carbocycles. The molecular weight excluding hydrogens is 1060 g/mol. The number of methoxy groups -OCH3 is 5. The first kappa shape index (κ1) is 63.3. The molecule has 0 aromatic heterocycles. The van der Waals surface area contributed by atoms with E-state index in [1.807, 2.05) is 6.92 Å². The molecule has 0 atom stereocenters. The molecule has 0 N–H and O–H groups in total. The summed E-state index contributed by atoms with van der Waals surface area (Å²) in [6.07, 6.45) is 3.97. The highest BCUT2D eigenvalue weighted by atomic mass is 19.2. The van der Waals surface area contributed by atoms with E-state index in [-0.39, 0.29) is 39.5 Å². The van der Waals surface area contributed by atoms with E-state index >= 15 is 0 Å². The van der Waals surface area contributed by atoms with Crippen molar-refractivity contribution >= 4 is 0 Å². The molecule has 8 aromatic carbocycles. The second-order valence-corrected chi connectivity index (χ2v) is 17.9. The van der Waals surface area contributed by atoms with Crippen LogP contribution in [0.2, 0.25) is 0 Å². The number of rotatable bonds is 19. The Labute approximate surface area is 468 Å². The van der Waals surface area contributed by atoms with Crippen molar-refractivity contribution in [2.24, 2.45) is 5.92 Å². The first-order valence-corrected chi connectivity index (χ1v) is 25.5. The summed E-state index contributed by atoms with van der Waals surface area (Å²) in [4.78, 5) is 0. The monoisotopic (exact) mass is 1120 g/mol. The summed E-state index contributed by atoms with van der Waals surface area (Å²) < 4.78 is 152. The number of hydrogen-bond donors (Lipinski definition) is 0. The van der Waals surface area contributed by atoms with E-state index in [0.717, 1.165) is 12.2 Å². The van der Waals surface area contributed by atoms with Crippen molar-refractivity contribution in [3.05, 3.63) is 210 Å². The molecule has 0 bridgehead atoms. The van der Waals surface area contributed by atoms with Gasteiger partial charge in [-0.15, -0.1) is 0 Å². The Bertz CT molecular complexity index is 3260. The first-order chi connectivity index (χ1) is 39.0. The minimum Gasteiger partial charge on any atom is -0.497 e. The van der Waals surface area contributed by atoms with Crippen molar-refractivity contribution < 1.29 is 73.0 Å². The molecule has 8 aromatic rings. The minimum absolute atomic E-state index is 0.0541. The van der Waals surface area contributed by atoms with Gasteiger partial charge in [-0.3, -0.25) is 0 Å². The molecule has 0 saturated heterocycles. The van der Waals surface area contributed by atoms with E-state index in [4.69, 9.17) is 37.9 Å². The number of ether oxygens (including phenoxy) is 8. The molecule has 81 heavy (non-hydrogen) atoms. The van der Waals surface area contributed by atoms with Gasteiger partial charge in [-0.2, -0.15) is 13.2 Å². The van der Waals surface area contributed by atoms with E-state index in [0.29, 0.717) is 77.2 Å². The average molecular weight is 1130 g/mol. The highest BCUT2D eigenvalue weighted by molar-refractivity contribution is 5.69. The van der Waals surface area contributed by atoms with Crippen LogP contribution in [0.4, 0.5) is 35.1 Å². The van der Waals surface area contributed by atoms with Gasteiger partial charge in [-0.1, -0.05) is 87.5 Å². The van der Waals surface area contributed by atoms with Crippen LogP contribution in [-0.2, 0) is 11.2 Å². The molecule has 16 heteroatoms. The van der Waals surface area contributed by atoms with Gasteiger partial charge in [0.2, 0.25) is 17.5 Å². The molecule has 428 valence electrons. The van der Waals surface area contributed by atoms with Gasteiger partial charge < -0.3 is 37.9 Å². The van der Waals surface area contributed by atoms with Crippen LogP contribution in [0.1, 0.15) is 39.7 Å². The van der Waals surface area contributed by atoms with Gasteiger partial charge in [0, 0.05) is 29.4 Å². The molecule has 0 amide bonds. The average Bonchev–Trinajstić information content (AvgIpc) is 3.62. The Morgan fingerprint density at radius 1 is 0.383 bits per heavy atom. The molecule has 0 aliphatic carbocycles. The summed E-state index contributed by atoms with van der Waals surface area (Å²) in [7, 11) is 7.47. The van der Waals surface area contributed by atoms with Crippen LogP contribution in [0.5, 0.6) is 40.2 Å². The summed E-state index contributed by atoms with van der Waals surface area (Å²) in [5, 5.41) is 0. The lowest BCUT2D eigenvalue weighted by Gasteiger charge is -2.11. The fourth-order valence-corrected chi connectivity index (χ4v) is 7.50. The van der Waals surface area contributed by atoms with Gasteiger partial charge in [-0.25, -0.2) is 22.0 Å². The zero-order valence-corrected chi connectivity index (χ0v) is 46.4. The number of halogens is 8. The summed E-state index contributed by atoms with van der Waals surface area (Å²) in [5.41, 5.74) is 3.50. The Kier molecular flexibility index (Phi) is 25.0. The molecular formula is C65H64F8O8. The standard InChI is InChI=1S/C19H22F2O2.C16H16F2O2.C16H14F2O2.C14H12F2O2/c1-13(2)12-23-16-7-4-14(5-8-16)17-9-6-15(10-11-22-3)18(20)19(17)21;2*1-3-10-20-14-9-8-13(15(17)16(14)18)11-4-6-12(19-2)7-5-11;1-17-10-5-3-9(4-6-10)11-7-8-12(18-2)14(16)13(11)15/h4-9,13H,10-12H2,1-3H3;4-9H,3,10H2,1-2H3;3-10H,1-2H3;3-8H,1-2H3/b;;10-3+;. The summed E-state index contributed by atoms with van der Waals surface area (Å²) >= 11 is 0. The predicted octanol–water partition coefficient (Wildman–Crippen LogP) is 17.5. The lowest BCUT2D eigenvalue weighted by atomic mass is 10.0. The smallest absolute Gasteiger partial charge is 0.201 e. The number of benzene rings is 8. The zero-order valence-electron chi connectivity index (χ0n) is 46.4. The van der Waals surface area contributed by atoms with Crippen LogP contribution >= 0.6 is 0 Å². The van der Waals surface area contributed by atoms with Crippen LogP contribution in [0.3, 0.4) is 0 Å². The fourth-order valence-electron chi connectivity index (χ4n) is 7.50. The second kappa shape index (κ2) is 31.9. The lowest BCUT2D eigenvalue weighted by Crippen LogP contribution is -2.04. The van der Waals surface area contributed by atoms with Gasteiger partial charge >= 0.3 is 0 Å². The number of allylic oxidation sites excluding steroid dienone is 1. The van der Waals surface area contributed by atoms with Gasteiger partial charge in [0.1, 0.15) is 23.0 Å². The molecule has 0 unspecified atom stereocenters. The Morgan fingerprint density at radius 3 is 1.14 bits per heavy atom. The summed E-state index contributed by atoms with van der Waals surface area (Å²) in [5.74, 6) is -4.48. The fraction of sp³-hybridized carbons (Fsp3) is 0.231. The summed E-state index contributed by atoms with van der Waals surface area (Å²) in [6, 6.07) is 39.2. The predicted molar refractivity (Wildman–Crippen MR) is 301 cm³/mol. The van der Waals surface area contributed by atoms with Crippen LogP contribution in [0.25, 0.3) is 44.5 Å². The lowest BCUT2D eigenvalue weighted by molar-refractivity contribution is 0.201. The Balaban J connectivity index is 0.000000199. The summed E-state index contributed by atoms with van der Waals surface area (Å²) in [6.45, 7) is 9.10. The molecule has 0 spiro atoms. The maximum absolute atomic E-state index is 14.3. The van der Waals surface area contributed by atoms with Crippen LogP contribution in [-0.4, -0.2) is 55.4 Å². The maximum Gasteiger partial charge on any atom is 0.201 e. The third-order valence-electron chi connectivity index (χ3n) is 11.8. The largest absolute Gasteiger partial charge is 0.497 e. The van der Waals surface area contributed by atoms with Gasteiger partial charge in [-0.05, 0) is 138 Å². The highest BCUT2D eigenvalue weighted by Crippen LogP contribution is 2.34. The molecule has 0 aliphatic rings. The van der Waals surface area contributed by atoms with E-state index in [2.05, 4.69) is 13.8 Å². The molecule has 0 fully saturated rings. The quantitative estimate of drug-likeness (QED) is 0.0586. The SMILES string of the molecule is C/C=C/Oc1ccc(-c2ccc(OC)cc2)c(F)c1F.CCCOc1ccc(-c2ccc(OC)cc2)c(F)c1F.COCCc1ccc(-c2ccc(OCC(C)C)cc2)c(F)c1F.COc1ccc(-c2ccc(OC)c(F)c2F)cc1. The second-order valence-electron chi connectivity index (χ2n) is 17.9. The van der Waals surface area contributed by atoms with Crippen molar-refractivity contribution in [1.82, 2.24) is 0 Å². The molecule has 0 radical (unpaired) electrons. The van der Waals surface area contributed by atoms with Crippen molar-refractivity contribution in [3.63, 3.8) is 0 Å².